The van der Waals surface area contributed by atoms with Gasteiger partial charge in [0.2, 0.25) is 0 Å². The number of fused-ring (bicyclic) bond motifs is 1. The molecule has 3 rings (SSSR count). The van der Waals surface area contributed by atoms with Crippen LogP contribution in [0.5, 0.6) is 0 Å². The Labute approximate surface area is 133 Å². The number of pyridine rings is 1. The molecule has 2 aromatic heterocycles. The summed E-state index contributed by atoms with van der Waals surface area (Å²) in [4.78, 5) is 16.4. The number of aromatic nitrogens is 3. The third-order valence-corrected chi connectivity index (χ3v) is 3.56. The number of aryl methyl sites for hydroxylation is 1. The fourth-order valence-corrected chi connectivity index (χ4v) is 2.49. The molecule has 3 aromatic rings. The summed E-state index contributed by atoms with van der Waals surface area (Å²) in [6, 6.07) is 8.76. The molecular weight excluding hydrogens is 292 g/mol. The normalized spacial score (nSPS) is 11.7. The van der Waals surface area contributed by atoms with E-state index < -0.39 is 5.60 Å². The molecule has 0 aliphatic rings. The fraction of sp³-hybridized carbons (Fsp3) is 0.235. The number of amides is 1. The molecule has 6 nitrogen and oxygen atoms in total. The first kappa shape index (κ1) is 15.2. The number of rotatable bonds is 3. The van der Waals surface area contributed by atoms with E-state index in [1.165, 1.54) is 0 Å². The van der Waals surface area contributed by atoms with E-state index >= 15 is 0 Å². The number of aliphatic hydroxyl groups is 1. The van der Waals surface area contributed by atoms with Gasteiger partial charge in [-0.25, -0.2) is 0 Å². The molecule has 1 aromatic carbocycles. The smallest absolute Gasteiger partial charge is 0.274 e. The van der Waals surface area contributed by atoms with Crippen molar-refractivity contribution in [2.75, 3.05) is 5.32 Å². The Balaban J connectivity index is 2.06. The highest BCUT2D eigenvalue weighted by atomic mass is 16.3. The highest BCUT2D eigenvalue weighted by molar-refractivity contribution is 6.04. The number of hydrogen-bond acceptors (Lipinski definition) is 4. The van der Waals surface area contributed by atoms with Gasteiger partial charge >= 0.3 is 0 Å². The lowest BCUT2D eigenvalue weighted by atomic mass is 9.95. The van der Waals surface area contributed by atoms with E-state index in [1.807, 2.05) is 19.3 Å². The molecule has 0 spiro atoms. The number of benzene rings is 1. The number of carbonyl (C=O) groups is 1. The van der Waals surface area contributed by atoms with E-state index in [0.29, 0.717) is 16.9 Å². The van der Waals surface area contributed by atoms with Crippen LogP contribution >= 0.6 is 0 Å². The van der Waals surface area contributed by atoms with Gasteiger partial charge in [0.05, 0.1) is 11.1 Å². The van der Waals surface area contributed by atoms with Gasteiger partial charge < -0.3 is 10.4 Å². The Morgan fingerprint density at radius 2 is 2.09 bits per heavy atom. The van der Waals surface area contributed by atoms with Gasteiger partial charge in [-0.2, -0.15) is 5.10 Å². The molecule has 0 saturated heterocycles. The standard InChI is InChI=1S/C17H18N4O2/c1-17(2,23)12-9-14-11(10-21(3)20-14)8-15(12)19-16(22)13-6-4-5-7-18-13/h4-10,23H,1-3H3,(H,19,22). The molecular formula is C17H18N4O2. The topological polar surface area (TPSA) is 80.0 Å². The van der Waals surface area contributed by atoms with Crippen molar-refractivity contribution < 1.29 is 9.90 Å². The summed E-state index contributed by atoms with van der Waals surface area (Å²) < 4.78 is 1.70. The number of hydrogen-bond donors (Lipinski definition) is 2. The van der Waals surface area contributed by atoms with Gasteiger partial charge in [0.1, 0.15) is 5.69 Å². The summed E-state index contributed by atoms with van der Waals surface area (Å²) in [5.74, 6) is -0.320. The summed E-state index contributed by atoms with van der Waals surface area (Å²) >= 11 is 0. The minimum Gasteiger partial charge on any atom is -0.386 e. The Bertz CT molecular complexity index is 863. The second-order valence-corrected chi connectivity index (χ2v) is 5.99. The van der Waals surface area contributed by atoms with E-state index in [1.54, 1.807) is 49.0 Å². The number of carbonyl (C=O) groups excluding carboxylic acids is 1. The van der Waals surface area contributed by atoms with Gasteiger partial charge in [-0.3, -0.25) is 14.5 Å². The molecule has 0 atom stereocenters. The van der Waals surface area contributed by atoms with Crippen molar-refractivity contribution in [3.63, 3.8) is 0 Å². The van der Waals surface area contributed by atoms with E-state index in [4.69, 9.17) is 0 Å². The van der Waals surface area contributed by atoms with Crippen molar-refractivity contribution >= 4 is 22.5 Å². The molecule has 2 N–H and O–H groups in total. The molecule has 0 aliphatic carbocycles. The minimum atomic E-state index is -1.11. The fourth-order valence-electron chi connectivity index (χ4n) is 2.49. The molecule has 0 unspecified atom stereocenters. The maximum Gasteiger partial charge on any atom is 0.274 e. The van der Waals surface area contributed by atoms with Crippen molar-refractivity contribution in [1.29, 1.82) is 0 Å². The Kier molecular flexibility index (Phi) is 3.61. The van der Waals surface area contributed by atoms with E-state index in [0.717, 1.165) is 10.9 Å². The van der Waals surface area contributed by atoms with Crippen molar-refractivity contribution in [2.45, 2.75) is 19.4 Å². The first-order valence-electron chi connectivity index (χ1n) is 7.27. The van der Waals surface area contributed by atoms with E-state index in [-0.39, 0.29) is 5.91 Å². The quantitative estimate of drug-likeness (QED) is 0.778. The molecule has 0 aliphatic heterocycles. The van der Waals surface area contributed by atoms with Crippen LogP contribution in [0.15, 0.2) is 42.7 Å². The van der Waals surface area contributed by atoms with Gasteiger partial charge in [0.25, 0.3) is 5.91 Å². The van der Waals surface area contributed by atoms with Crippen LogP contribution in [0.25, 0.3) is 10.9 Å². The summed E-state index contributed by atoms with van der Waals surface area (Å²) in [5.41, 5.74) is 1.13. The van der Waals surface area contributed by atoms with Gasteiger partial charge in [-0.05, 0) is 38.1 Å². The lowest BCUT2D eigenvalue weighted by Crippen LogP contribution is -2.21. The molecule has 23 heavy (non-hydrogen) atoms. The number of nitrogens with one attached hydrogen (secondary N) is 1. The maximum atomic E-state index is 12.4. The highest BCUT2D eigenvalue weighted by Crippen LogP contribution is 2.31. The molecule has 0 radical (unpaired) electrons. The van der Waals surface area contributed by atoms with Crippen LogP contribution in [0, 0.1) is 0 Å². The van der Waals surface area contributed by atoms with E-state index in [2.05, 4.69) is 15.4 Å². The monoisotopic (exact) mass is 310 g/mol. The molecule has 118 valence electrons. The summed E-state index contributed by atoms with van der Waals surface area (Å²) in [6.45, 7) is 3.35. The lowest BCUT2D eigenvalue weighted by molar-refractivity contribution is 0.0794. The third kappa shape index (κ3) is 3.07. The van der Waals surface area contributed by atoms with Crippen LogP contribution < -0.4 is 5.32 Å². The third-order valence-electron chi connectivity index (χ3n) is 3.56. The summed E-state index contributed by atoms with van der Waals surface area (Å²) in [7, 11) is 1.83. The minimum absolute atomic E-state index is 0.320. The average molecular weight is 310 g/mol. The van der Waals surface area contributed by atoms with Gasteiger partial charge in [0, 0.05) is 36.1 Å². The zero-order valence-corrected chi connectivity index (χ0v) is 13.2. The largest absolute Gasteiger partial charge is 0.386 e. The number of anilines is 1. The molecule has 6 heteroatoms. The number of nitrogens with zero attached hydrogens (tertiary/aromatic N) is 3. The molecule has 0 bridgehead atoms. The maximum absolute atomic E-state index is 12.4. The predicted molar refractivity (Wildman–Crippen MR) is 88.1 cm³/mol. The molecule has 0 fully saturated rings. The van der Waals surface area contributed by atoms with Gasteiger partial charge in [-0.15, -0.1) is 0 Å². The van der Waals surface area contributed by atoms with Crippen LogP contribution in [0.2, 0.25) is 0 Å². The molecule has 0 saturated carbocycles. The zero-order valence-electron chi connectivity index (χ0n) is 13.2. The first-order chi connectivity index (χ1) is 10.8. The van der Waals surface area contributed by atoms with Crippen LogP contribution in [0.3, 0.4) is 0 Å². The van der Waals surface area contributed by atoms with Crippen LogP contribution in [-0.2, 0) is 12.6 Å². The SMILES string of the molecule is Cn1cc2cc(NC(=O)c3ccccn3)c(C(C)(C)O)cc2n1. The van der Waals surface area contributed by atoms with E-state index in [9.17, 15) is 9.90 Å². The van der Waals surface area contributed by atoms with Crippen LogP contribution in [-0.4, -0.2) is 25.8 Å². The average Bonchev–Trinajstić information content (AvgIpc) is 2.85. The summed E-state index contributed by atoms with van der Waals surface area (Å²) in [6.07, 6.45) is 3.43. The van der Waals surface area contributed by atoms with Gasteiger partial charge in [0.15, 0.2) is 0 Å². The van der Waals surface area contributed by atoms with Crippen molar-refractivity contribution in [3.05, 3.63) is 54.0 Å². The first-order valence-corrected chi connectivity index (χ1v) is 7.27. The molecule has 2 heterocycles. The Hall–Kier alpha value is -2.73. The Morgan fingerprint density at radius 1 is 1.30 bits per heavy atom. The molecule has 1 amide bonds. The highest BCUT2D eigenvalue weighted by Gasteiger charge is 2.23. The second-order valence-electron chi connectivity index (χ2n) is 5.99. The Morgan fingerprint density at radius 3 is 2.74 bits per heavy atom. The second kappa shape index (κ2) is 5.48. The zero-order chi connectivity index (χ0) is 16.6. The van der Waals surface area contributed by atoms with Crippen LogP contribution in [0.1, 0.15) is 29.9 Å². The van der Waals surface area contributed by atoms with Gasteiger partial charge in [-0.1, -0.05) is 6.07 Å². The van der Waals surface area contributed by atoms with Crippen molar-refractivity contribution in [1.82, 2.24) is 14.8 Å². The lowest BCUT2D eigenvalue weighted by Gasteiger charge is -2.22. The van der Waals surface area contributed by atoms with Crippen molar-refractivity contribution in [3.8, 4) is 0 Å². The van der Waals surface area contributed by atoms with Crippen molar-refractivity contribution in [2.24, 2.45) is 7.05 Å². The van der Waals surface area contributed by atoms with Crippen LogP contribution in [0.4, 0.5) is 5.69 Å². The predicted octanol–water partition coefficient (Wildman–Crippen LogP) is 2.45. The summed E-state index contributed by atoms with van der Waals surface area (Å²) in [5, 5.41) is 18.5.